The number of hydrogen-bond donors (Lipinski definition) is 1. The Balaban J connectivity index is 1.86. The Morgan fingerprint density at radius 1 is 0.737 bits per heavy atom. The van der Waals surface area contributed by atoms with Gasteiger partial charge in [0.05, 0.1) is 0 Å². The van der Waals surface area contributed by atoms with Crippen LogP contribution in [0.2, 0.25) is 0 Å². The summed E-state index contributed by atoms with van der Waals surface area (Å²) in [5, 5.41) is 0. The number of hydrogen-bond acceptors (Lipinski definition) is 3. The maximum absolute atomic E-state index is 11.3. The van der Waals surface area contributed by atoms with Crippen LogP contribution in [-0.2, 0) is 9.59 Å². The summed E-state index contributed by atoms with van der Waals surface area (Å²) >= 11 is 0. The number of amides is 2. The van der Waals surface area contributed by atoms with Crippen LogP contribution < -0.4 is 5.73 Å². The lowest BCUT2D eigenvalue weighted by molar-refractivity contribution is -0.136. The summed E-state index contributed by atoms with van der Waals surface area (Å²) in [6, 6.07) is 0. The Labute approximate surface area is 116 Å². The number of unbranched alkanes of at least 4 members (excludes halogenated alkanes) is 8. The lowest BCUT2D eigenvalue weighted by Crippen LogP contribution is -2.30. The first kappa shape index (κ1) is 15.9. The molecule has 4 nitrogen and oxygen atoms in total. The fourth-order valence-electron chi connectivity index (χ4n) is 2.30. The van der Waals surface area contributed by atoms with Crippen LogP contribution in [0.5, 0.6) is 0 Å². The van der Waals surface area contributed by atoms with Gasteiger partial charge in [0.25, 0.3) is 11.8 Å². The highest BCUT2D eigenvalue weighted by Crippen LogP contribution is 2.11. The highest BCUT2D eigenvalue weighted by Gasteiger charge is 2.21. The van der Waals surface area contributed by atoms with E-state index in [2.05, 4.69) is 0 Å². The van der Waals surface area contributed by atoms with E-state index in [9.17, 15) is 9.59 Å². The number of rotatable bonds is 11. The molecule has 108 valence electrons. The summed E-state index contributed by atoms with van der Waals surface area (Å²) in [6.07, 6.45) is 13.4. The second-order valence-electron chi connectivity index (χ2n) is 5.13. The molecule has 2 N–H and O–H groups in total. The van der Waals surface area contributed by atoms with E-state index < -0.39 is 0 Å². The van der Waals surface area contributed by atoms with Gasteiger partial charge in [0.15, 0.2) is 0 Å². The van der Waals surface area contributed by atoms with Gasteiger partial charge in [-0.1, -0.05) is 44.9 Å². The molecule has 1 aliphatic heterocycles. The average Bonchev–Trinajstić information content (AvgIpc) is 2.72. The van der Waals surface area contributed by atoms with E-state index in [0.29, 0.717) is 6.54 Å². The summed E-state index contributed by atoms with van der Waals surface area (Å²) < 4.78 is 0. The van der Waals surface area contributed by atoms with Gasteiger partial charge in [-0.15, -0.1) is 0 Å². The van der Waals surface area contributed by atoms with Crippen molar-refractivity contribution in [2.75, 3.05) is 13.1 Å². The Morgan fingerprint density at radius 2 is 1.16 bits per heavy atom. The summed E-state index contributed by atoms with van der Waals surface area (Å²) in [7, 11) is 0. The summed E-state index contributed by atoms with van der Waals surface area (Å²) in [6.45, 7) is 1.38. The number of carbonyl (C=O) groups excluding carboxylic acids is 2. The molecular weight excluding hydrogens is 240 g/mol. The Kier molecular flexibility index (Phi) is 8.14. The molecule has 0 bridgehead atoms. The maximum Gasteiger partial charge on any atom is 0.253 e. The zero-order chi connectivity index (χ0) is 13.9. The van der Waals surface area contributed by atoms with Crippen LogP contribution in [0.25, 0.3) is 0 Å². The largest absolute Gasteiger partial charge is 0.330 e. The van der Waals surface area contributed by atoms with E-state index >= 15 is 0 Å². The molecule has 0 fully saturated rings. The van der Waals surface area contributed by atoms with Crippen LogP contribution >= 0.6 is 0 Å². The Hall–Kier alpha value is -1.16. The van der Waals surface area contributed by atoms with Crippen LogP contribution in [0.15, 0.2) is 12.2 Å². The zero-order valence-corrected chi connectivity index (χ0v) is 11.8. The van der Waals surface area contributed by atoms with Gasteiger partial charge in [-0.05, 0) is 19.4 Å². The molecule has 0 saturated heterocycles. The van der Waals surface area contributed by atoms with Gasteiger partial charge < -0.3 is 5.73 Å². The van der Waals surface area contributed by atoms with Crippen molar-refractivity contribution in [2.45, 2.75) is 57.8 Å². The molecule has 0 aromatic rings. The van der Waals surface area contributed by atoms with Crippen LogP contribution in [0.3, 0.4) is 0 Å². The molecular formula is C15H26N2O2. The van der Waals surface area contributed by atoms with E-state index in [1.165, 1.54) is 55.6 Å². The third-order valence-electron chi connectivity index (χ3n) is 3.49. The van der Waals surface area contributed by atoms with Crippen LogP contribution in [0.4, 0.5) is 0 Å². The molecule has 0 aromatic heterocycles. The summed E-state index contributed by atoms with van der Waals surface area (Å²) in [4.78, 5) is 23.9. The SMILES string of the molecule is NCCCCCCCCCCCN1C(=O)C=CC1=O. The average molecular weight is 266 g/mol. The van der Waals surface area contributed by atoms with E-state index in [-0.39, 0.29) is 11.8 Å². The smallest absolute Gasteiger partial charge is 0.253 e. The fraction of sp³-hybridized carbons (Fsp3) is 0.733. The van der Waals surface area contributed by atoms with E-state index in [4.69, 9.17) is 5.73 Å². The molecule has 0 aromatic carbocycles. The highest BCUT2D eigenvalue weighted by molar-refractivity contribution is 6.12. The normalized spacial score (nSPS) is 14.7. The van der Waals surface area contributed by atoms with Crippen molar-refractivity contribution in [2.24, 2.45) is 5.73 Å². The fourth-order valence-corrected chi connectivity index (χ4v) is 2.30. The molecule has 0 spiro atoms. The first-order valence-corrected chi connectivity index (χ1v) is 7.49. The highest BCUT2D eigenvalue weighted by atomic mass is 16.2. The maximum atomic E-state index is 11.3. The van der Waals surface area contributed by atoms with Crippen LogP contribution in [-0.4, -0.2) is 29.8 Å². The van der Waals surface area contributed by atoms with Gasteiger partial charge in [-0.3, -0.25) is 14.5 Å². The lowest BCUT2D eigenvalue weighted by atomic mass is 10.1. The molecule has 1 rings (SSSR count). The van der Waals surface area contributed by atoms with E-state index in [1.807, 2.05) is 0 Å². The minimum Gasteiger partial charge on any atom is -0.330 e. The van der Waals surface area contributed by atoms with Crippen molar-refractivity contribution < 1.29 is 9.59 Å². The molecule has 2 amide bonds. The minimum absolute atomic E-state index is 0.162. The zero-order valence-electron chi connectivity index (χ0n) is 11.8. The molecule has 4 heteroatoms. The second-order valence-corrected chi connectivity index (χ2v) is 5.13. The van der Waals surface area contributed by atoms with Crippen molar-refractivity contribution in [3.63, 3.8) is 0 Å². The number of nitrogens with two attached hydrogens (primary N) is 1. The van der Waals surface area contributed by atoms with Gasteiger partial charge in [0.2, 0.25) is 0 Å². The van der Waals surface area contributed by atoms with Crippen molar-refractivity contribution >= 4 is 11.8 Å². The molecule has 1 aliphatic rings. The van der Waals surface area contributed by atoms with Crippen molar-refractivity contribution in [3.8, 4) is 0 Å². The van der Waals surface area contributed by atoms with Crippen LogP contribution in [0, 0.1) is 0 Å². The number of imide groups is 1. The van der Waals surface area contributed by atoms with Gasteiger partial charge in [0.1, 0.15) is 0 Å². The van der Waals surface area contributed by atoms with E-state index in [1.54, 1.807) is 0 Å². The van der Waals surface area contributed by atoms with Crippen molar-refractivity contribution in [1.29, 1.82) is 0 Å². The standard InChI is InChI=1S/C15H26N2O2/c16-12-8-6-4-2-1-3-5-7-9-13-17-14(18)10-11-15(17)19/h10-11H,1-9,12-13,16H2. The summed E-state index contributed by atoms with van der Waals surface area (Å²) in [5.74, 6) is -0.324. The van der Waals surface area contributed by atoms with Crippen LogP contribution in [0.1, 0.15) is 57.8 Å². The van der Waals surface area contributed by atoms with Gasteiger partial charge in [-0.25, -0.2) is 0 Å². The van der Waals surface area contributed by atoms with Gasteiger partial charge >= 0.3 is 0 Å². The molecule has 0 saturated carbocycles. The predicted molar refractivity (Wildman–Crippen MR) is 76.5 cm³/mol. The minimum atomic E-state index is -0.162. The topological polar surface area (TPSA) is 63.4 Å². The van der Waals surface area contributed by atoms with Crippen molar-refractivity contribution in [3.05, 3.63) is 12.2 Å². The molecule has 0 atom stereocenters. The predicted octanol–water partition coefficient (Wildman–Crippen LogP) is 2.38. The number of nitrogens with zero attached hydrogens (tertiary/aromatic N) is 1. The molecule has 1 heterocycles. The molecule has 0 unspecified atom stereocenters. The monoisotopic (exact) mass is 266 g/mol. The molecule has 0 radical (unpaired) electrons. The lowest BCUT2D eigenvalue weighted by Gasteiger charge is -2.12. The Bertz CT molecular complexity index is 295. The molecule has 0 aliphatic carbocycles. The third kappa shape index (κ3) is 6.53. The van der Waals surface area contributed by atoms with Gasteiger partial charge in [0, 0.05) is 18.7 Å². The molecule has 19 heavy (non-hydrogen) atoms. The summed E-state index contributed by atoms with van der Waals surface area (Å²) in [5.41, 5.74) is 5.44. The number of carbonyl (C=O) groups is 2. The first-order valence-electron chi connectivity index (χ1n) is 7.49. The van der Waals surface area contributed by atoms with Crippen molar-refractivity contribution in [1.82, 2.24) is 4.90 Å². The van der Waals surface area contributed by atoms with Gasteiger partial charge in [-0.2, -0.15) is 0 Å². The first-order chi connectivity index (χ1) is 9.25. The third-order valence-corrected chi connectivity index (χ3v) is 3.49. The second kappa shape index (κ2) is 9.73. The quantitative estimate of drug-likeness (QED) is 0.461. The van der Waals surface area contributed by atoms with E-state index in [0.717, 1.165) is 25.8 Å². The Morgan fingerprint density at radius 3 is 1.63 bits per heavy atom.